The number of nitrogens with zero attached hydrogens (tertiary/aromatic N) is 3. The van der Waals surface area contributed by atoms with E-state index in [0.29, 0.717) is 4.99 Å². The zero-order valence-corrected chi connectivity index (χ0v) is 21.7. The van der Waals surface area contributed by atoms with E-state index in [1.165, 1.54) is 11.1 Å². The third-order valence-electron chi connectivity index (χ3n) is 6.99. The van der Waals surface area contributed by atoms with Crippen molar-refractivity contribution in [3.05, 3.63) is 101 Å². The summed E-state index contributed by atoms with van der Waals surface area (Å²) in [4.78, 5) is 0.662. The van der Waals surface area contributed by atoms with E-state index in [1.54, 1.807) is 0 Å². The van der Waals surface area contributed by atoms with Crippen molar-refractivity contribution in [1.29, 1.82) is 0 Å². The first kappa shape index (κ1) is 23.0. The normalized spacial score (nSPS) is 13.1. The Hall–Kier alpha value is -3.41. The fourth-order valence-electron chi connectivity index (χ4n) is 5.19. The van der Waals surface area contributed by atoms with Crippen LogP contribution < -0.4 is 5.32 Å². The summed E-state index contributed by atoms with van der Waals surface area (Å²) < 4.78 is 4.45. The number of hydrogen-bond acceptors (Lipinski definition) is 2. The molecule has 180 valence electrons. The van der Waals surface area contributed by atoms with Gasteiger partial charge in [0.05, 0.1) is 0 Å². The Kier molecular flexibility index (Phi) is 6.12. The lowest BCUT2D eigenvalue weighted by Gasteiger charge is -2.12. The van der Waals surface area contributed by atoms with Crippen LogP contribution in [-0.2, 0) is 19.4 Å². The van der Waals surface area contributed by atoms with Gasteiger partial charge in [0.15, 0.2) is 5.82 Å². The van der Waals surface area contributed by atoms with Crippen LogP contribution in [0.3, 0.4) is 0 Å². The monoisotopic (exact) mass is 510 g/mol. The van der Waals surface area contributed by atoms with Gasteiger partial charge in [-0.2, -0.15) is 0 Å². The van der Waals surface area contributed by atoms with E-state index in [9.17, 15) is 0 Å². The molecule has 0 spiro atoms. The van der Waals surface area contributed by atoms with E-state index >= 15 is 0 Å². The van der Waals surface area contributed by atoms with Crippen LogP contribution >= 0.6 is 23.8 Å². The average Bonchev–Trinajstić information content (AvgIpc) is 3.33. The van der Waals surface area contributed by atoms with Crippen LogP contribution in [0.5, 0.6) is 0 Å². The van der Waals surface area contributed by atoms with E-state index in [4.69, 9.17) is 28.9 Å². The first-order chi connectivity index (χ1) is 17.6. The van der Waals surface area contributed by atoms with E-state index in [-0.39, 0.29) is 0 Å². The standard InChI is InChI=1S/C30H27ClN4S/c1-2-20-11-17-24(18-12-20)32-29(36)27-26(21-13-15-23(31)16-14-21)25-10-6-7-19-34-28(33-35(27)30(25)34)22-8-4-3-5-9-22/h3-5,8-9,11-18H,2,6-7,10,19H2,1H3,(H,32,36). The van der Waals surface area contributed by atoms with E-state index < -0.39 is 0 Å². The van der Waals surface area contributed by atoms with Crippen molar-refractivity contribution in [3.63, 3.8) is 0 Å². The molecule has 0 fully saturated rings. The molecule has 2 aromatic heterocycles. The number of benzene rings is 3. The fraction of sp³-hybridized carbons (Fsp3) is 0.200. The summed E-state index contributed by atoms with van der Waals surface area (Å²) >= 11 is 12.3. The highest BCUT2D eigenvalue weighted by Gasteiger charge is 2.29. The molecule has 1 aliphatic rings. The molecule has 0 bridgehead atoms. The number of anilines is 1. The van der Waals surface area contributed by atoms with Crippen molar-refractivity contribution in [2.24, 2.45) is 0 Å². The Morgan fingerprint density at radius 2 is 1.69 bits per heavy atom. The number of rotatable bonds is 5. The van der Waals surface area contributed by atoms with Gasteiger partial charge in [-0.15, -0.1) is 5.10 Å². The number of thiocarbonyl (C=S) groups is 1. The summed E-state index contributed by atoms with van der Waals surface area (Å²) in [5.74, 6) is 0.979. The SMILES string of the molecule is CCc1ccc(NC(=S)c2c(-c3ccc(Cl)cc3)c3c4n(c(-c5ccccc5)nn24)CCCC3)cc1. The molecule has 6 heteroatoms. The van der Waals surface area contributed by atoms with Gasteiger partial charge in [0.1, 0.15) is 16.3 Å². The highest BCUT2D eigenvalue weighted by Crippen LogP contribution is 2.39. The number of nitrogens with one attached hydrogen (secondary N) is 1. The molecule has 1 N–H and O–H groups in total. The zero-order chi connectivity index (χ0) is 24.6. The molecule has 0 radical (unpaired) electrons. The molecule has 5 aromatic rings. The fourth-order valence-corrected chi connectivity index (χ4v) is 5.62. The number of aryl methyl sites for hydroxylation is 3. The van der Waals surface area contributed by atoms with Crippen molar-refractivity contribution in [2.45, 2.75) is 39.2 Å². The molecular formula is C30H27ClN4S. The molecule has 0 saturated carbocycles. The van der Waals surface area contributed by atoms with Crippen molar-refractivity contribution in [1.82, 2.24) is 14.2 Å². The van der Waals surface area contributed by atoms with Crippen LogP contribution in [0.4, 0.5) is 5.69 Å². The second-order valence-electron chi connectivity index (χ2n) is 9.25. The Bertz CT molecular complexity index is 1550. The minimum Gasteiger partial charge on any atom is -0.345 e. The Morgan fingerprint density at radius 1 is 0.944 bits per heavy atom. The molecule has 3 heterocycles. The van der Waals surface area contributed by atoms with Gasteiger partial charge < -0.3 is 9.88 Å². The van der Waals surface area contributed by atoms with Crippen LogP contribution in [0.15, 0.2) is 78.9 Å². The number of hydrogen-bond donors (Lipinski definition) is 1. The summed E-state index contributed by atoms with van der Waals surface area (Å²) in [7, 11) is 0. The van der Waals surface area contributed by atoms with Gasteiger partial charge in [-0.1, -0.05) is 85.3 Å². The maximum Gasteiger partial charge on any atom is 0.162 e. The molecule has 3 aromatic carbocycles. The average molecular weight is 511 g/mol. The molecule has 36 heavy (non-hydrogen) atoms. The highest BCUT2D eigenvalue weighted by molar-refractivity contribution is 7.81. The Balaban J connectivity index is 1.57. The van der Waals surface area contributed by atoms with E-state index in [0.717, 1.165) is 76.8 Å². The van der Waals surface area contributed by atoms with Crippen LogP contribution in [0, 0.1) is 0 Å². The molecular weight excluding hydrogens is 484 g/mol. The summed E-state index contributed by atoms with van der Waals surface area (Å²) in [5, 5.41) is 9.40. The number of halogens is 1. The van der Waals surface area contributed by atoms with Crippen molar-refractivity contribution in [3.8, 4) is 22.5 Å². The van der Waals surface area contributed by atoms with E-state index in [1.807, 2.05) is 18.2 Å². The van der Waals surface area contributed by atoms with Gasteiger partial charge in [-0.3, -0.25) is 0 Å². The predicted molar refractivity (Wildman–Crippen MR) is 153 cm³/mol. The zero-order valence-electron chi connectivity index (χ0n) is 20.2. The van der Waals surface area contributed by atoms with E-state index in [2.05, 4.69) is 82.0 Å². The molecule has 0 amide bonds. The molecule has 6 rings (SSSR count). The summed E-state index contributed by atoms with van der Waals surface area (Å²) in [6.07, 6.45) is 4.22. The van der Waals surface area contributed by atoms with Crippen LogP contribution in [0.25, 0.3) is 28.2 Å². The van der Waals surface area contributed by atoms with Crippen LogP contribution in [-0.4, -0.2) is 19.2 Å². The lowest BCUT2D eigenvalue weighted by Crippen LogP contribution is -2.15. The molecule has 0 atom stereocenters. The smallest absolute Gasteiger partial charge is 0.162 e. The Morgan fingerprint density at radius 3 is 2.42 bits per heavy atom. The second-order valence-corrected chi connectivity index (χ2v) is 10.1. The Labute approximate surface area is 221 Å². The van der Waals surface area contributed by atoms with Gasteiger partial charge in [-0.25, -0.2) is 4.52 Å². The minimum absolute atomic E-state index is 0.662. The topological polar surface area (TPSA) is 34.3 Å². The molecule has 1 aliphatic heterocycles. The maximum atomic E-state index is 6.26. The summed E-state index contributed by atoms with van der Waals surface area (Å²) in [6, 6.07) is 27.0. The lowest BCUT2D eigenvalue weighted by atomic mass is 9.98. The molecule has 0 unspecified atom stereocenters. The van der Waals surface area contributed by atoms with Crippen LogP contribution in [0.1, 0.15) is 36.6 Å². The third-order valence-corrected chi connectivity index (χ3v) is 7.53. The third kappa shape index (κ3) is 4.02. The first-order valence-corrected chi connectivity index (χ1v) is 13.3. The molecule has 0 aliphatic carbocycles. The predicted octanol–water partition coefficient (Wildman–Crippen LogP) is 7.81. The summed E-state index contributed by atoms with van der Waals surface area (Å²) in [5.41, 5.74) is 9.00. The largest absolute Gasteiger partial charge is 0.345 e. The molecule has 0 saturated heterocycles. The van der Waals surface area contributed by atoms with Crippen molar-refractivity contribution >= 4 is 40.1 Å². The minimum atomic E-state index is 0.662. The highest BCUT2D eigenvalue weighted by atomic mass is 35.5. The van der Waals surface area contributed by atoms with Gasteiger partial charge >= 0.3 is 0 Å². The van der Waals surface area contributed by atoms with Gasteiger partial charge in [-0.05, 0) is 61.1 Å². The van der Waals surface area contributed by atoms with Crippen LogP contribution in [0.2, 0.25) is 5.02 Å². The first-order valence-electron chi connectivity index (χ1n) is 12.5. The quantitative estimate of drug-likeness (QED) is 0.245. The maximum absolute atomic E-state index is 6.26. The van der Waals surface area contributed by atoms with Crippen molar-refractivity contribution < 1.29 is 0 Å². The summed E-state index contributed by atoms with van der Waals surface area (Å²) in [6.45, 7) is 3.10. The lowest BCUT2D eigenvalue weighted by molar-refractivity contribution is 0.645. The van der Waals surface area contributed by atoms with Gasteiger partial charge in [0.25, 0.3) is 0 Å². The van der Waals surface area contributed by atoms with Crippen molar-refractivity contribution in [2.75, 3.05) is 5.32 Å². The number of aromatic nitrogens is 3. The van der Waals surface area contributed by atoms with Gasteiger partial charge in [0.2, 0.25) is 0 Å². The molecule has 4 nitrogen and oxygen atoms in total. The van der Waals surface area contributed by atoms with Gasteiger partial charge in [0, 0.05) is 33.9 Å². The second kappa shape index (κ2) is 9.57.